The van der Waals surface area contributed by atoms with Crippen LogP contribution in [0.5, 0.6) is 5.75 Å². The van der Waals surface area contributed by atoms with Gasteiger partial charge in [0.1, 0.15) is 11.6 Å². The Morgan fingerprint density at radius 3 is 2.47 bits per heavy atom. The average molecular weight is 448 g/mol. The lowest BCUT2D eigenvalue weighted by molar-refractivity contribution is -0.146. The summed E-state index contributed by atoms with van der Waals surface area (Å²) in [6.45, 7) is 6.04. The molecule has 3 rings (SSSR count). The van der Waals surface area contributed by atoms with Crippen LogP contribution in [0.2, 0.25) is 10.0 Å². The van der Waals surface area contributed by atoms with E-state index in [2.05, 4.69) is 9.97 Å². The van der Waals surface area contributed by atoms with Crippen molar-refractivity contribution in [3.05, 3.63) is 68.7 Å². The normalized spacial score (nSPS) is 11.5. The minimum atomic E-state index is -1.12. The van der Waals surface area contributed by atoms with Gasteiger partial charge in [-0.15, -0.1) is 0 Å². The number of hydrogen-bond donors (Lipinski definition) is 1. The highest BCUT2D eigenvalue weighted by Gasteiger charge is 2.34. The molecule has 8 heteroatoms. The van der Waals surface area contributed by atoms with Crippen LogP contribution < -0.4 is 10.3 Å². The van der Waals surface area contributed by atoms with E-state index in [1.54, 1.807) is 61.2 Å². The summed E-state index contributed by atoms with van der Waals surface area (Å²) in [6.07, 6.45) is 0.742. The molecule has 0 atom stereocenters. The summed E-state index contributed by atoms with van der Waals surface area (Å²) in [5, 5.41) is 1.53. The highest BCUT2D eigenvalue weighted by molar-refractivity contribution is 6.31. The van der Waals surface area contributed by atoms with Crippen LogP contribution in [0.15, 0.2) is 47.3 Å². The lowest BCUT2D eigenvalue weighted by atomic mass is 10.1. The molecule has 1 heterocycles. The molecule has 0 radical (unpaired) electrons. The second kappa shape index (κ2) is 9.06. The van der Waals surface area contributed by atoms with Crippen LogP contribution in [-0.2, 0) is 11.3 Å². The first-order valence-electron chi connectivity index (χ1n) is 9.62. The molecule has 0 fully saturated rings. The Morgan fingerprint density at radius 1 is 1.13 bits per heavy atom. The van der Waals surface area contributed by atoms with Gasteiger partial charge >= 0.3 is 0 Å². The fraction of sp³-hybridized carbons (Fsp3) is 0.318. The molecule has 0 aliphatic carbocycles. The maximum Gasteiger partial charge on any atom is 0.266 e. The van der Waals surface area contributed by atoms with Gasteiger partial charge in [0.05, 0.1) is 17.4 Å². The molecule has 2 aromatic carbocycles. The van der Waals surface area contributed by atoms with Crippen LogP contribution in [0.25, 0.3) is 10.9 Å². The van der Waals surface area contributed by atoms with E-state index >= 15 is 0 Å². The largest absolute Gasteiger partial charge is 0.478 e. The van der Waals surface area contributed by atoms with Crippen molar-refractivity contribution in [2.75, 3.05) is 6.54 Å². The molecule has 0 aliphatic rings. The number of aromatic nitrogens is 2. The van der Waals surface area contributed by atoms with Crippen molar-refractivity contribution in [3.8, 4) is 5.75 Å². The van der Waals surface area contributed by atoms with Gasteiger partial charge in [-0.3, -0.25) is 9.59 Å². The van der Waals surface area contributed by atoms with Crippen LogP contribution in [0, 0.1) is 0 Å². The van der Waals surface area contributed by atoms with E-state index in [4.69, 9.17) is 27.9 Å². The summed E-state index contributed by atoms with van der Waals surface area (Å²) >= 11 is 12.0. The summed E-state index contributed by atoms with van der Waals surface area (Å²) in [4.78, 5) is 34.6. The Balaban J connectivity index is 1.85. The van der Waals surface area contributed by atoms with E-state index < -0.39 is 5.60 Å². The van der Waals surface area contributed by atoms with E-state index in [1.807, 2.05) is 6.92 Å². The van der Waals surface area contributed by atoms with E-state index in [0.717, 1.165) is 6.42 Å². The molecule has 0 bridgehead atoms. The third kappa shape index (κ3) is 5.12. The first kappa shape index (κ1) is 22.1. The Hall–Kier alpha value is -2.57. The van der Waals surface area contributed by atoms with Crippen molar-refractivity contribution >= 4 is 40.0 Å². The molecule has 3 aromatic rings. The molecule has 6 nitrogen and oxygen atoms in total. The van der Waals surface area contributed by atoms with Crippen molar-refractivity contribution < 1.29 is 9.53 Å². The topological polar surface area (TPSA) is 75.3 Å². The number of hydrogen-bond acceptors (Lipinski definition) is 4. The predicted octanol–water partition coefficient (Wildman–Crippen LogP) is 4.83. The van der Waals surface area contributed by atoms with Crippen molar-refractivity contribution in [1.82, 2.24) is 14.9 Å². The number of benzene rings is 2. The van der Waals surface area contributed by atoms with Gasteiger partial charge in [-0.2, -0.15) is 0 Å². The highest BCUT2D eigenvalue weighted by Crippen LogP contribution is 2.23. The van der Waals surface area contributed by atoms with Crippen molar-refractivity contribution in [3.63, 3.8) is 0 Å². The fourth-order valence-corrected chi connectivity index (χ4v) is 3.45. The van der Waals surface area contributed by atoms with Gasteiger partial charge in [0.2, 0.25) is 0 Å². The molecule has 0 aliphatic heterocycles. The van der Waals surface area contributed by atoms with Gasteiger partial charge in [-0.25, -0.2) is 4.98 Å². The molecular weight excluding hydrogens is 425 g/mol. The van der Waals surface area contributed by atoms with Gasteiger partial charge in [0, 0.05) is 16.6 Å². The van der Waals surface area contributed by atoms with E-state index in [-0.39, 0.29) is 18.0 Å². The van der Waals surface area contributed by atoms with Crippen LogP contribution in [0.4, 0.5) is 0 Å². The van der Waals surface area contributed by atoms with E-state index in [0.29, 0.717) is 39.1 Å². The zero-order chi connectivity index (χ0) is 21.9. The molecule has 0 saturated carbocycles. The SMILES string of the molecule is CCCN(Cc1nc2cc(Cl)ccc2c(=O)[nH]1)C(=O)C(C)(C)Oc1ccc(Cl)cc1. The second-order valence-corrected chi connectivity index (χ2v) is 8.34. The summed E-state index contributed by atoms with van der Waals surface area (Å²) in [5.41, 5.74) is -0.905. The summed E-state index contributed by atoms with van der Waals surface area (Å²) < 4.78 is 5.93. The van der Waals surface area contributed by atoms with Crippen LogP contribution >= 0.6 is 23.2 Å². The summed E-state index contributed by atoms with van der Waals surface area (Å²) in [6, 6.07) is 11.7. The Labute approximate surface area is 184 Å². The molecule has 0 spiro atoms. The predicted molar refractivity (Wildman–Crippen MR) is 119 cm³/mol. The monoisotopic (exact) mass is 447 g/mol. The fourth-order valence-electron chi connectivity index (χ4n) is 3.16. The smallest absolute Gasteiger partial charge is 0.266 e. The van der Waals surface area contributed by atoms with Gasteiger partial charge in [0.25, 0.3) is 11.5 Å². The Bertz CT molecular complexity index is 1110. The van der Waals surface area contributed by atoms with Crippen LogP contribution in [-0.4, -0.2) is 32.9 Å². The number of aromatic amines is 1. The minimum Gasteiger partial charge on any atom is -0.478 e. The number of carbonyl (C=O) groups excluding carboxylic acids is 1. The molecule has 1 amide bonds. The standard InChI is InChI=1S/C22H23Cl2N3O3/c1-4-11-27(21(29)22(2,3)30-16-8-5-14(23)6-9-16)13-19-25-18-12-15(24)7-10-17(18)20(28)26-19/h5-10,12H,4,11,13H2,1-3H3,(H,25,26,28). The lowest BCUT2D eigenvalue weighted by Crippen LogP contribution is -2.49. The second-order valence-electron chi connectivity index (χ2n) is 7.47. The Kier molecular flexibility index (Phi) is 6.68. The third-order valence-corrected chi connectivity index (χ3v) is 5.03. The zero-order valence-electron chi connectivity index (χ0n) is 17.0. The van der Waals surface area contributed by atoms with Gasteiger partial charge < -0.3 is 14.6 Å². The quantitative estimate of drug-likeness (QED) is 0.562. The number of nitrogens with zero attached hydrogens (tertiary/aromatic N) is 2. The van der Waals surface area contributed by atoms with Crippen molar-refractivity contribution in [1.29, 1.82) is 0 Å². The van der Waals surface area contributed by atoms with Crippen molar-refractivity contribution in [2.45, 2.75) is 39.3 Å². The molecule has 0 saturated heterocycles. The molecule has 1 aromatic heterocycles. The number of amides is 1. The van der Waals surface area contributed by atoms with Gasteiger partial charge in [0.15, 0.2) is 5.60 Å². The summed E-state index contributed by atoms with van der Waals surface area (Å²) in [7, 11) is 0. The van der Waals surface area contributed by atoms with Crippen LogP contribution in [0.1, 0.15) is 33.0 Å². The zero-order valence-corrected chi connectivity index (χ0v) is 18.5. The number of nitrogens with one attached hydrogen (secondary N) is 1. The molecule has 0 unspecified atom stereocenters. The van der Waals surface area contributed by atoms with Gasteiger partial charge in [-0.05, 0) is 62.7 Å². The highest BCUT2D eigenvalue weighted by atomic mass is 35.5. The molecule has 30 heavy (non-hydrogen) atoms. The number of ether oxygens (including phenoxy) is 1. The maximum atomic E-state index is 13.3. The number of rotatable bonds is 7. The third-order valence-electron chi connectivity index (χ3n) is 4.54. The Morgan fingerprint density at radius 2 is 1.80 bits per heavy atom. The van der Waals surface area contributed by atoms with Crippen molar-refractivity contribution in [2.24, 2.45) is 0 Å². The molecule has 158 valence electrons. The first-order chi connectivity index (χ1) is 14.2. The molecular formula is C22H23Cl2N3O3. The lowest BCUT2D eigenvalue weighted by Gasteiger charge is -2.32. The van der Waals surface area contributed by atoms with E-state index in [1.165, 1.54) is 0 Å². The van der Waals surface area contributed by atoms with Gasteiger partial charge in [-0.1, -0.05) is 30.1 Å². The van der Waals surface area contributed by atoms with E-state index in [9.17, 15) is 9.59 Å². The number of H-pyrrole nitrogens is 1. The molecule has 1 N–H and O–H groups in total. The summed E-state index contributed by atoms with van der Waals surface area (Å²) in [5.74, 6) is 0.716. The average Bonchev–Trinajstić information content (AvgIpc) is 2.68. The number of carbonyl (C=O) groups is 1. The van der Waals surface area contributed by atoms with Crippen LogP contribution in [0.3, 0.4) is 0 Å². The minimum absolute atomic E-state index is 0.151. The number of halogens is 2. The number of fused-ring (bicyclic) bond motifs is 1. The first-order valence-corrected chi connectivity index (χ1v) is 10.4. The maximum absolute atomic E-state index is 13.3.